The number of nitrogens with two attached hydrogens (primary N) is 1. The number of aryl methyl sites for hydroxylation is 2. The number of aromatic hydroxyl groups is 1. The van der Waals surface area contributed by atoms with Gasteiger partial charge in [0.1, 0.15) is 11.6 Å². The average molecular weight is 285 g/mol. The second-order valence-corrected chi connectivity index (χ2v) is 5.14. The molecule has 0 unspecified atom stereocenters. The lowest BCUT2D eigenvalue weighted by molar-refractivity contribution is -0.117. The molecular formula is C16H19N3O2. The number of nitrogens with zero attached hydrogens (tertiary/aromatic N) is 1. The van der Waals surface area contributed by atoms with E-state index in [1.165, 1.54) is 0 Å². The van der Waals surface area contributed by atoms with Gasteiger partial charge in [-0.3, -0.25) is 4.79 Å². The van der Waals surface area contributed by atoms with E-state index in [1.54, 1.807) is 30.3 Å². The summed E-state index contributed by atoms with van der Waals surface area (Å²) >= 11 is 0. The fourth-order valence-corrected chi connectivity index (χ4v) is 2.10. The first-order valence-corrected chi connectivity index (χ1v) is 6.73. The van der Waals surface area contributed by atoms with Gasteiger partial charge in [0.25, 0.3) is 0 Å². The van der Waals surface area contributed by atoms with E-state index in [1.807, 2.05) is 19.9 Å². The molecule has 0 bridgehead atoms. The summed E-state index contributed by atoms with van der Waals surface area (Å²) in [5, 5.41) is 12.0. The molecule has 0 aliphatic heterocycles. The third kappa shape index (κ3) is 4.29. The number of carbonyl (C=O) groups excluding carboxylic acids is 1. The van der Waals surface area contributed by atoms with Crippen molar-refractivity contribution in [1.82, 2.24) is 4.98 Å². The number of aromatic nitrogens is 1. The monoisotopic (exact) mass is 285 g/mol. The Morgan fingerprint density at radius 2 is 1.95 bits per heavy atom. The van der Waals surface area contributed by atoms with Gasteiger partial charge < -0.3 is 16.2 Å². The van der Waals surface area contributed by atoms with Crippen molar-refractivity contribution in [2.75, 3.05) is 5.32 Å². The van der Waals surface area contributed by atoms with Gasteiger partial charge in [-0.25, -0.2) is 4.98 Å². The Labute approximate surface area is 123 Å². The van der Waals surface area contributed by atoms with E-state index in [0.29, 0.717) is 12.2 Å². The van der Waals surface area contributed by atoms with Crippen LogP contribution in [0.15, 0.2) is 36.4 Å². The molecule has 0 saturated carbocycles. The van der Waals surface area contributed by atoms with Crippen molar-refractivity contribution in [1.29, 1.82) is 0 Å². The molecule has 21 heavy (non-hydrogen) atoms. The largest absolute Gasteiger partial charge is 0.508 e. The highest BCUT2D eigenvalue weighted by Gasteiger charge is 2.15. The Bertz CT molecular complexity index is 618. The zero-order chi connectivity index (χ0) is 15.4. The van der Waals surface area contributed by atoms with Crippen LogP contribution in [0.4, 0.5) is 5.82 Å². The fraction of sp³-hybridized carbons (Fsp3) is 0.250. The van der Waals surface area contributed by atoms with Crippen LogP contribution in [-0.2, 0) is 11.2 Å². The van der Waals surface area contributed by atoms with E-state index < -0.39 is 6.04 Å². The van der Waals surface area contributed by atoms with E-state index in [2.05, 4.69) is 10.3 Å². The molecule has 0 aliphatic carbocycles. The van der Waals surface area contributed by atoms with Crippen molar-refractivity contribution < 1.29 is 9.90 Å². The Hall–Kier alpha value is -2.40. The molecule has 1 aromatic heterocycles. The Kier molecular flexibility index (Phi) is 4.55. The van der Waals surface area contributed by atoms with Crippen LogP contribution in [-0.4, -0.2) is 22.0 Å². The molecule has 1 heterocycles. The molecule has 1 amide bonds. The predicted molar refractivity (Wildman–Crippen MR) is 82.1 cm³/mol. The van der Waals surface area contributed by atoms with E-state index in [9.17, 15) is 9.90 Å². The van der Waals surface area contributed by atoms with Crippen LogP contribution in [0, 0.1) is 13.8 Å². The van der Waals surface area contributed by atoms with Gasteiger partial charge in [0.2, 0.25) is 5.91 Å². The van der Waals surface area contributed by atoms with Gasteiger partial charge in [-0.05, 0) is 55.7 Å². The number of pyridine rings is 1. The standard InChI is InChI=1S/C16H19N3O2/c1-10-7-11(2)18-15(8-10)19-16(21)14(17)9-12-3-5-13(20)6-4-12/h3-8,14,20H,9,17H2,1-2H3,(H,18,19,21)/t14-/m1/s1. The van der Waals surface area contributed by atoms with Gasteiger partial charge in [-0.2, -0.15) is 0 Å². The topological polar surface area (TPSA) is 88.2 Å². The predicted octanol–water partition coefficient (Wildman–Crippen LogP) is 1.91. The lowest BCUT2D eigenvalue weighted by Gasteiger charge is -2.12. The highest BCUT2D eigenvalue weighted by molar-refractivity contribution is 5.94. The van der Waals surface area contributed by atoms with Crippen molar-refractivity contribution in [3.8, 4) is 5.75 Å². The van der Waals surface area contributed by atoms with Crippen molar-refractivity contribution in [2.45, 2.75) is 26.3 Å². The number of hydrogen-bond acceptors (Lipinski definition) is 4. The van der Waals surface area contributed by atoms with Crippen LogP contribution >= 0.6 is 0 Å². The Balaban J connectivity index is 2.00. The second kappa shape index (κ2) is 6.37. The summed E-state index contributed by atoms with van der Waals surface area (Å²) in [6, 6.07) is 9.72. The maximum atomic E-state index is 12.1. The molecule has 2 rings (SSSR count). The zero-order valence-electron chi connectivity index (χ0n) is 12.1. The second-order valence-electron chi connectivity index (χ2n) is 5.14. The van der Waals surface area contributed by atoms with Crippen molar-refractivity contribution in [2.24, 2.45) is 5.73 Å². The van der Waals surface area contributed by atoms with Crippen LogP contribution in [0.3, 0.4) is 0 Å². The van der Waals surface area contributed by atoms with Crippen LogP contribution in [0.25, 0.3) is 0 Å². The van der Waals surface area contributed by atoms with Gasteiger partial charge in [0.15, 0.2) is 0 Å². The highest BCUT2D eigenvalue weighted by atomic mass is 16.3. The number of phenolic OH excluding ortho intramolecular Hbond substituents is 1. The summed E-state index contributed by atoms with van der Waals surface area (Å²) in [5.41, 5.74) is 8.68. The summed E-state index contributed by atoms with van der Waals surface area (Å²) in [6.45, 7) is 3.82. The van der Waals surface area contributed by atoms with Crippen molar-refractivity contribution in [3.05, 3.63) is 53.2 Å². The van der Waals surface area contributed by atoms with Crippen molar-refractivity contribution in [3.63, 3.8) is 0 Å². The van der Waals surface area contributed by atoms with E-state index >= 15 is 0 Å². The first kappa shape index (κ1) is 15.0. The minimum Gasteiger partial charge on any atom is -0.508 e. The van der Waals surface area contributed by atoms with E-state index in [-0.39, 0.29) is 11.7 Å². The van der Waals surface area contributed by atoms with Gasteiger partial charge in [0.05, 0.1) is 6.04 Å². The number of benzene rings is 1. The average Bonchev–Trinajstić information content (AvgIpc) is 2.40. The van der Waals surface area contributed by atoms with Crippen LogP contribution < -0.4 is 11.1 Å². The van der Waals surface area contributed by atoms with E-state index in [4.69, 9.17) is 5.73 Å². The highest BCUT2D eigenvalue weighted by Crippen LogP contribution is 2.12. The molecule has 5 heteroatoms. The molecule has 1 atom stereocenters. The third-order valence-electron chi connectivity index (χ3n) is 3.08. The number of nitrogens with one attached hydrogen (secondary N) is 1. The molecule has 0 fully saturated rings. The fourth-order valence-electron chi connectivity index (χ4n) is 2.10. The number of phenols is 1. The third-order valence-corrected chi connectivity index (χ3v) is 3.08. The number of hydrogen-bond donors (Lipinski definition) is 3. The number of rotatable bonds is 4. The molecule has 110 valence electrons. The Morgan fingerprint density at radius 1 is 1.29 bits per heavy atom. The van der Waals surface area contributed by atoms with Gasteiger partial charge in [-0.15, -0.1) is 0 Å². The molecule has 4 N–H and O–H groups in total. The molecule has 0 aliphatic rings. The molecule has 0 radical (unpaired) electrons. The van der Waals surface area contributed by atoms with Crippen LogP contribution in [0.1, 0.15) is 16.8 Å². The summed E-state index contributed by atoms with van der Waals surface area (Å²) < 4.78 is 0. The lowest BCUT2D eigenvalue weighted by Crippen LogP contribution is -2.37. The summed E-state index contributed by atoms with van der Waals surface area (Å²) in [6.07, 6.45) is 0.400. The Morgan fingerprint density at radius 3 is 2.57 bits per heavy atom. The molecule has 0 spiro atoms. The zero-order valence-corrected chi connectivity index (χ0v) is 12.1. The number of amides is 1. The number of anilines is 1. The molecule has 1 aromatic carbocycles. The van der Waals surface area contributed by atoms with Crippen molar-refractivity contribution >= 4 is 11.7 Å². The van der Waals surface area contributed by atoms with Crippen LogP contribution in [0.5, 0.6) is 5.75 Å². The normalized spacial score (nSPS) is 12.0. The molecule has 5 nitrogen and oxygen atoms in total. The SMILES string of the molecule is Cc1cc(C)nc(NC(=O)[C@H](N)Cc2ccc(O)cc2)c1. The smallest absolute Gasteiger partial charge is 0.242 e. The minimum absolute atomic E-state index is 0.191. The maximum Gasteiger partial charge on any atom is 0.242 e. The van der Waals surface area contributed by atoms with Gasteiger partial charge in [0, 0.05) is 5.69 Å². The van der Waals surface area contributed by atoms with Gasteiger partial charge >= 0.3 is 0 Å². The number of carbonyl (C=O) groups is 1. The minimum atomic E-state index is -0.669. The summed E-state index contributed by atoms with van der Waals surface area (Å²) in [7, 11) is 0. The molecule has 0 saturated heterocycles. The molecule has 2 aromatic rings. The lowest BCUT2D eigenvalue weighted by atomic mass is 10.1. The molecular weight excluding hydrogens is 266 g/mol. The van der Waals surface area contributed by atoms with Gasteiger partial charge in [-0.1, -0.05) is 12.1 Å². The quantitative estimate of drug-likeness (QED) is 0.800. The van der Waals surface area contributed by atoms with E-state index in [0.717, 1.165) is 16.8 Å². The first-order valence-electron chi connectivity index (χ1n) is 6.73. The van der Waals surface area contributed by atoms with Crippen LogP contribution in [0.2, 0.25) is 0 Å². The maximum absolute atomic E-state index is 12.1. The summed E-state index contributed by atoms with van der Waals surface area (Å²) in [4.78, 5) is 16.3. The summed E-state index contributed by atoms with van der Waals surface area (Å²) in [5.74, 6) is 0.426. The first-order chi connectivity index (χ1) is 9.94.